The number of carbonyl (C=O) groups is 2. The van der Waals surface area contributed by atoms with Crippen LogP contribution in [0.15, 0.2) is 30.3 Å². The molecule has 2 atom stereocenters. The van der Waals surface area contributed by atoms with Crippen LogP contribution in [0.2, 0.25) is 0 Å². The summed E-state index contributed by atoms with van der Waals surface area (Å²) in [5, 5.41) is 0. The Kier molecular flexibility index (Phi) is 5.00. The molecular formula is C13H17NO3. The minimum atomic E-state index is -0.892. The fraction of sp³-hybridized carbons (Fsp3) is 0.385. The summed E-state index contributed by atoms with van der Waals surface area (Å²) in [4.78, 5) is 22.5. The van der Waals surface area contributed by atoms with E-state index in [9.17, 15) is 9.59 Å². The molecule has 4 heteroatoms. The van der Waals surface area contributed by atoms with Crippen molar-refractivity contribution in [2.75, 3.05) is 0 Å². The SMILES string of the molecule is CC(=O)[C@@H](N)[C@H](OCc1ccccc1)C(C)=O. The Morgan fingerprint density at radius 2 is 1.76 bits per heavy atom. The van der Waals surface area contributed by atoms with E-state index in [2.05, 4.69) is 0 Å². The Balaban J connectivity index is 2.63. The summed E-state index contributed by atoms with van der Waals surface area (Å²) in [6, 6.07) is 8.54. The summed E-state index contributed by atoms with van der Waals surface area (Å²) in [5.74, 6) is -0.484. The van der Waals surface area contributed by atoms with Crippen LogP contribution in [-0.4, -0.2) is 23.7 Å². The molecule has 0 saturated heterocycles. The third-order valence-electron chi connectivity index (χ3n) is 2.47. The maximum Gasteiger partial charge on any atom is 0.160 e. The van der Waals surface area contributed by atoms with Crippen LogP contribution in [0.1, 0.15) is 19.4 Å². The maximum atomic E-state index is 11.4. The van der Waals surface area contributed by atoms with Crippen molar-refractivity contribution in [3.05, 3.63) is 35.9 Å². The van der Waals surface area contributed by atoms with E-state index >= 15 is 0 Å². The first-order valence-electron chi connectivity index (χ1n) is 5.44. The van der Waals surface area contributed by atoms with E-state index in [0.29, 0.717) is 0 Å². The first kappa shape index (κ1) is 13.5. The van der Waals surface area contributed by atoms with Gasteiger partial charge in [-0.3, -0.25) is 9.59 Å². The van der Waals surface area contributed by atoms with Gasteiger partial charge >= 0.3 is 0 Å². The molecule has 0 aliphatic rings. The first-order valence-corrected chi connectivity index (χ1v) is 5.44. The van der Waals surface area contributed by atoms with Crippen molar-refractivity contribution in [3.63, 3.8) is 0 Å². The van der Waals surface area contributed by atoms with E-state index in [0.717, 1.165) is 5.56 Å². The van der Waals surface area contributed by atoms with E-state index in [4.69, 9.17) is 10.5 Å². The summed E-state index contributed by atoms with van der Waals surface area (Å²) in [6.07, 6.45) is -0.868. The van der Waals surface area contributed by atoms with Gasteiger partial charge in [0.2, 0.25) is 0 Å². The van der Waals surface area contributed by atoms with Crippen molar-refractivity contribution >= 4 is 11.6 Å². The maximum absolute atomic E-state index is 11.4. The van der Waals surface area contributed by atoms with Crippen molar-refractivity contribution in [1.82, 2.24) is 0 Å². The highest BCUT2D eigenvalue weighted by Crippen LogP contribution is 2.07. The van der Waals surface area contributed by atoms with E-state index in [1.807, 2.05) is 30.3 Å². The first-order chi connectivity index (χ1) is 8.02. The molecule has 0 aliphatic heterocycles. The van der Waals surface area contributed by atoms with Gasteiger partial charge in [-0.15, -0.1) is 0 Å². The number of hydrogen-bond donors (Lipinski definition) is 1. The minimum absolute atomic E-state index is 0.233. The van der Waals surface area contributed by atoms with Crippen LogP contribution in [-0.2, 0) is 20.9 Å². The molecule has 0 bridgehead atoms. The molecular weight excluding hydrogens is 218 g/mol. The molecule has 17 heavy (non-hydrogen) atoms. The van der Waals surface area contributed by atoms with Crippen molar-refractivity contribution in [2.24, 2.45) is 5.73 Å². The molecule has 0 fully saturated rings. The lowest BCUT2D eigenvalue weighted by atomic mass is 10.1. The number of hydrogen-bond acceptors (Lipinski definition) is 4. The summed E-state index contributed by atoms with van der Waals surface area (Å²) >= 11 is 0. The zero-order valence-corrected chi connectivity index (χ0v) is 10.1. The molecule has 4 nitrogen and oxygen atoms in total. The summed E-state index contributed by atoms with van der Waals surface area (Å²) in [5.41, 5.74) is 6.57. The second-order valence-corrected chi connectivity index (χ2v) is 3.96. The van der Waals surface area contributed by atoms with Gasteiger partial charge in [0.1, 0.15) is 11.9 Å². The van der Waals surface area contributed by atoms with Crippen molar-refractivity contribution in [2.45, 2.75) is 32.6 Å². The molecule has 0 unspecified atom stereocenters. The predicted molar refractivity (Wildman–Crippen MR) is 64.4 cm³/mol. The molecule has 1 aromatic rings. The van der Waals surface area contributed by atoms with Crippen LogP contribution >= 0.6 is 0 Å². The van der Waals surface area contributed by atoms with E-state index in [1.54, 1.807) is 0 Å². The third kappa shape index (κ3) is 4.09. The fourth-order valence-corrected chi connectivity index (χ4v) is 1.45. The Hall–Kier alpha value is -1.52. The number of Topliss-reactive ketones (excluding diaryl/α,β-unsaturated/α-hetero) is 2. The van der Waals surface area contributed by atoms with Gasteiger partial charge in [0.05, 0.1) is 12.6 Å². The Morgan fingerprint density at radius 3 is 2.24 bits per heavy atom. The molecule has 1 aromatic carbocycles. The quantitative estimate of drug-likeness (QED) is 0.801. The molecule has 92 valence electrons. The number of rotatable bonds is 6. The molecule has 2 N–H and O–H groups in total. The van der Waals surface area contributed by atoms with Gasteiger partial charge in [-0.2, -0.15) is 0 Å². The monoisotopic (exact) mass is 235 g/mol. The van der Waals surface area contributed by atoms with E-state index < -0.39 is 12.1 Å². The zero-order valence-electron chi connectivity index (χ0n) is 10.1. The van der Waals surface area contributed by atoms with Crippen LogP contribution < -0.4 is 5.73 Å². The van der Waals surface area contributed by atoms with Crippen LogP contribution in [0.4, 0.5) is 0 Å². The number of ether oxygens (including phenoxy) is 1. The Bertz CT molecular complexity index is 389. The molecule has 0 saturated carbocycles. The highest BCUT2D eigenvalue weighted by atomic mass is 16.5. The summed E-state index contributed by atoms with van der Waals surface area (Å²) in [7, 11) is 0. The molecule has 0 aromatic heterocycles. The van der Waals surface area contributed by atoms with Gasteiger partial charge in [0.25, 0.3) is 0 Å². The lowest BCUT2D eigenvalue weighted by Crippen LogP contribution is -2.46. The normalized spacial score (nSPS) is 14.1. The average molecular weight is 235 g/mol. The van der Waals surface area contributed by atoms with Crippen LogP contribution in [0, 0.1) is 0 Å². The highest BCUT2D eigenvalue weighted by Gasteiger charge is 2.26. The Labute approximate surface area is 101 Å². The molecule has 0 amide bonds. The largest absolute Gasteiger partial charge is 0.364 e. The molecule has 0 radical (unpaired) electrons. The topological polar surface area (TPSA) is 69.4 Å². The van der Waals surface area contributed by atoms with Gasteiger partial charge in [-0.1, -0.05) is 30.3 Å². The standard InChI is InChI=1S/C13H17NO3/c1-9(15)12(14)13(10(2)16)17-8-11-6-4-3-5-7-11/h3-7,12-13H,8,14H2,1-2H3/t12-,13-/m1/s1. The predicted octanol–water partition coefficient (Wildman–Crippen LogP) is 1.08. The average Bonchev–Trinajstić information content (AvgIpc) is 2.29. The number of nitrogens with two attached hydrogens (primary N) is 1. The molecule has 0 aliphatic carbocycles. The lowest BCUT2D eigenvalue weighted by Gasteiger charge is -2.19. The van der Waals surface area contributed by atoms with Crippen molar-refractivity contribution in [3.8, 4) is 0 Å². The second-order valence-electron chi connectivity index (χ2n) is 3.96. The van der Waals surface area contributed by atoms with Gasteiger partial charge in [0.15, 0.2) is 5.78 Å². The van der Waals surface area contributed by atoms with E-state index in [-0.39, 0.29) is 18.2 Å². The molecule has 0 heterocycles. The van der Waals surface area contributed by atoms with Crippen LogP contribution in [0.5, 0.6) is 0 Å². The van der Waals surface area contributed by atoms with Gasteiger partial charge < -0.3 is 10.5 Å². The van der Waals surface area contributed by atoms with Gasteiger partial charge in [-0.25, -0.2) is 0 Å². The van der Waals surface area contributed by atoms with Crippen molar-refractivity contribution in [1.29, 1.82) is 0 Å². The lowest BCUT2D eigenvalue weighted by molar-refractivity contribution is -0.136. The van der Waals surface area contributed by atoms with Crippen molar-refractivity contribution < 1.29 is 14.3 Å². The molecule has 1 rings (SSSR count). The number of ketones is 2. The fourth-order valence-electron chi connectivity index (χ4n) is 1.45. The van der Waals surface area contributed by atoms with Gasteiger partial charge in [-0.05, 0) is 19.4 Å². The number of benzene rings is 1. The number of carbonyl (C=O) groups excluding carboxylic acids is 2. The third-order valence-corrected chi connectivity index (χ3v) is 2.47. The summed E-state index contributed by atoms with van der Waals surface area (Å²) < 4.78 is 5.42. The zero-order chi connectivity index (χ0) is 12.8. The smallest absolute Gasteiger partial charge is 0.160 e. The highest BCUT2D eigenvalue weighted by molar-refractivity contribution is 5.91. The van der Waals surface area contributed by atoms with Crippen LogP contribution in [0.25, 0.3) is 0 Å². The molecule has 0 spiro atoms. The van der Waals surface area contributed by atoms with Gasteiger partial charge in [0, 0.05) is 0 Å². The van der Waals surface area contributed by atoms with E-state index in [1.165, 1.54) is 13.8 Å². The van der Waals surface area contributed by atoms with Crippen LogP contribution in [0.3, 0.4) is 0 Å². The Morgan fingerprint density at radius 1 is 1.18 bits per heavy atom. The second kappa shape index (κ2) is 6.27. The summed E-state index contributed by atoms with van der Waals surface area (Å²) in [6.45, 7) is 3.00. The minimum Gasteiger partial charge on any atom is -0.364 e.